The lowest BCUT2D eigenvalue weighted by Gasteiger charge is -2.43. The fraction of sp³-hybridized carbons (Fsp3) is 0.643. The molecule has 18 heavy (non-hydrogen) atoms. The first-order valence-electron chi connectivity index (χ1n) is 6.62. The van der Waals surface area contributed by atoms with Gasteiger partial charge in [0.25, 0.3) is 0 Å². The zero-order valence-corrected chi connectivity index (χ0v) is 12.4. The van der Waals surface area contributed by atoms with Crippen LogP contribution in [0.1, 0.15) is 38.6 Å². The molecule has 1 fully saturated rings. The van der Waals surface area contributed by atoms with E-state index in [-0.39, 0.29) is 18.0 Å². The van der Waals surface area contributed by atoms with Crippen molar-refractivity contribution in [1.82, 2.24) is 9.80 Å². The summed E-state index contributed by atoms with van der Waals surface area (Å²) in [6.45, 7) is 10.3. The molecule has 1 unspecified atom stereocenters. The summed E-state index contributed by atoms with van der Waals surface area (Å²) in [5.74, 6) is 0.257. The molecule has 0 N–H and O–H groups in total. The number of hydrogen-bond acceptors (Lipinski definition) is 3. The Hall–Kier alpha value is -0.870. The second kappa shape index (κ2) is 5.41. The Balaban J connectivity index is 2.30. The summed E-state index contributed by atoms with van der Waals surface area (Å²) in [5, 5.41) is 2.05. The lowest BCUT2D eigenvalue weighted by molar-refractivity contribution is -0.145. The topological polar surface area (TPSA) is 23.6 Å². The van der Waals surface area contributed by atoms with Crippen LogP contribution < -0.4 is 0 Å². The molecule has 1 aromatic rings. The number of rotatable bonds is 3. The monoisotopic (exact) mass is 266 g/mol. The van der Waals surface area contributed by atoms with Gasteiger partial charge in [-0.25, -0.2) is 0 Å². The minimum Gasteiger partial charge on any atom is -0.337 e. The number of thiophene rings is 1. The average Bonchev–Trinajstić information content (AvgIpc) is 2.80. The van der Waals surface area contributed by atoms with Gasteiger partial charge in [0, 0.05) is 30.1 Å². The van der Waals surface area contributed by atoms with Crippen molar-refractivity contribution in [3.63, 3.8) is 0 Å². The van der Waals surface area contributed by atoms with Crippen LogP contribution in [-0.2, 0) is 4.79 Å². The summed E-state index contributed by atoms with van der Waals surface area (Å²) in [6, 6.07) is 4.71. The van der Waals surface area contributed by atoms with Crippen LogP contribution in [0.5, 0.6) is 0 Å². The highest BCUT2D eigenvalue weighted by Crippen LogP contribution is 2.32. The fourth-order valence-electron chi connectivity index (χ4n) is 2.56. The van der Waals surface area contributed by atoms with E-state index >= 15 is 0 Å². The van der Waals surface area contributed by atoms with E-state index in [1.165, 1.54) is 4.88 Å². The Kier molecular flexibility index (Phi) is 4.07. The van der Waals surface area contributed by atoms with E-state index in [0.29, 0.717) is 6.04 Å². The smallest absolute Gasteiger partial charge is 0.245 e. The Bertz CT molecular complexity index is 400. The maximum absolute atomic E-state index is 12.7. The summed E-state index contributed by atoms with van der Waals surface area (Å²) in [6.07, 6.45) is 0. The van der Waals surface area contributed by atoms with Crippen molar-refractivity contribution in [2.75, 3.05) is 13.1 Å². The van der Waals surface area contributed by atoms with Gasteiger partial charge < -0.3 is 4.90 Å². The van der Waals surface area contributed by atoms with E-state index in [1.807, 2.05) is 11.0 Å². The van der Waals surface area contributed by atoms with Gasteiger partial charge in [-0.1, -0.05) is 6.07 Å². The molecule has 0 spiro atoms. The number of carbonyl (C=O) groups is 1. The Morgan fingerprint density at radius 2 is 1.94 bits per heavy atom. The summed E-state index contributed by atoms with van der Waals surface area (Å²) < 4.78 is 0. The fourth-order valence-corrected chi connectivity index (χ4v) is 3.40. The molecule has 3 nitrogen and oxygen atoms in total. The summed E-state index contributed by atoms with van der Waals surface area (Å²) in [7, 11) is 0. The van der Waals surface area contributed by atoms with Crippen LogP contribution in [0, 0.1) is 0 Å². The Labute approximate surface area is 113 Å². The largest absolute Gasteiger partial charge is 0.337 e. The number of hydrogen-bond donors (Lipinski definition) is 0. The van der Waals surface area contributed by atoms with Gasteiger partial charge >= 0.3 is 0 Å². The molecule has 0 bridgehead atoms. The minimum absolute atomic E-state index is 0.0823. The highest BCUT2D eigenvalue weighted by molar-refractivity contribution is 7.10. The zero-order chi connectivity index (χ0) is 13.3. The van der Waals surface area contributed by atoms with Crippen LogP contribution in [0.25, 0.3) is 0 Å². The van der Waals surface area contributed by atoms with E-state index in [9.17, 15) is 4.79 Å². The van der Waals surface area contributed by atoms with Gasteiger partial charge in [0.15, 0.2) is 0 Å². The molecule has 0 aliphatic carbocycles. The Morgan fingerprint density at radius 3 is 2.44 bits per heavy atom. The zero-order valence-electron chi connectivity index (χ0n) is 11.6. The molecular formula is C14H22N2OS. The SMILES string of the molecule is CC(C)N1CCN(C(C)C)C(c2cccs2)C1=O. The van der Waals surface area contributed by atoms with Crippen molar-refractivity contribution in [3.05, 3.63) is 22.4 Å². The third-order valence-electron chi connectivity index (χ3n) is 3.55. The predicted octanol–water partition coefficient (Wildman–Crippen LogP) is 2.75. The van der Waals surface area contributed by atoms with E-state index < -0.39 is 0 Å². The third-order valence-corrected chi connectivity index (χ3v) is 4.47. The van der Waals surface area contributed by atoms with Crippen LogP contribution in [0.15, 0.2) is 17.5 Å². The van der Waals surface area contributed by atoms with Gasteiger partial charge in [-0.2, -0.15) is 0 Å². The molecule has 2 rings (SSSR count). The molecule has 1 aliphatic heterocycles. The van der Waals surface area contributed by atoms with E-state index in [0.717, 1.165) is 13.1 Å². The van der Waals surface area contributed by atoms with Gasteiger partial charge in [0.1, 0.15) is 6.04 Å². The van der Waals surface area contributed by atoms with Crippen molar-refractivity contribution in [2.24, 2.45) is 0 Å². The van der Waals surface area contributed by atoms with E-state index in [1.54, 1.807) is 11.3 Å². The number of amides is 1. The summed E-state index contributed by atoms with van der Waals surface area (Å²) in [4.78, 5) is 18.2. The quantitative estimate of drug-likeness (QED) is 0.840. The lowest BCUT2D eigenvalue weighted by Crippen LogP contribution is -2.55. The molecule has 1 amide bonds. The van der Waals surface area contributed by atoms with E-state index in [4.69, 9.17) is 0 Å². The molecule has 0 aromatic carbocycles. The van der Waals surface area contributed by atoms with Gasteiger partial charge in [-0.15, -0.1) is 11.3 Å². The van der Waals surface area contributed by atoms with Crippen LogP contribution in [0.4, 0.5) is 0 Å². The highest BCUT2D eigenvalue weighted by Gasteiger charge is 2.38. The number of nitrogens with zero attached hydrogens (tertiary/aromatic N) is 2. The molecule has 1 aliphatic rings. The second-order valence-electron chi connectivity index (χ2n) is 5.37. The maximum Gasteiger partial charge on any atom is 0.245 e. The minimum atomic E-state index is -0.0823. The molecule has 100 valence electrons. The van der Waals surface area contributed by atoms with Crippen molar-refractivity contribution in [3.8, 4) is 0 Å². The molecule has 0 saturated carbocycles. The molecule has 1 aromatic heterocycles. The maximum atomic E-state index is 12.7. The molecule has 4 heteroatoms. The van der Waals surface area contributed by atoms with Crippen LogP contribution in [-0.4, -0.2) is 40.9 Å². The number of carbonyl (C=O) groups excluding carboxylic acids is 1. The van der Waals surface area contributed by atoms with Crippen molar-refractivity contribution in [1.29, 1.82) is 0 Å². The van der Waals surface area contributed by atoms with Gasteiger partial charge in [-0.05, 0) is 39.1 Å². The van der Waals surface area contributed by atoms with Gasteiger partial charge in [0.2, 0.25) is 5.91 Å². The molecule has 1 atom stereocenters. The summed E-state index contributed by atoms with van der Waals surface area (Å²) >= 11 is 1.68. The third kappa shape index (κ3) is 2.45. The van der Waals surface area contributed by atoms with Crippen LogP contribution in [0.2, 0.25) is 0 Å². The number of piperazine rings is 1. The highest BCUT2D eigenvalue weighted by atomic mass is 32.1. The first-order valence-corrected chi connectivity index (χ1v) is 7.50. The molecule has 2 heterocycles. The molecule has 0 radical (unpaired) electrons. The van der Waals surface area contributed by atoms with Gasteiger partial charge in [-0.3, -0.25) is 9.69 Å². The summed E-state index contributed by atoms with van der Waals surface area (Å²) in [5.41, 5.74) is 0. The van der Waals surface area contributed by atoms with Crippen molar-refractivity contribution >= 4 is 17.2 Å². The Morgan fingerprint density at radius 1 is 1.22 bits per heavy atom. The van der Waals surface area contributed by atoms with Crippen LogP contribution in [0.3, 0.4) is 0 Å². The van der Waals surface area contributed by atoms with Crippen molar-refractivity contribution in [2.45, 2.75) is 45.8 Å². The van der Waals surface area contributed by atoms with Gasteiger partial charge in [0.05, 0.1) is 0 Å². The van der Waals surface area contributed by atoms with Crippen LogP contribution >= 0.6 is 11.3 Å². The predicted molar refractivity (Wildman–Crippen MR) is 75.8 cm³/mol. The average molecular weight is 266 g/mol. The normalized spacial score (nSPS) is 22.2. The molecule has 1 saturated heterocycles. The van der Waals surface area contributed by atoms with Crippen molar-refractivity contribution < 1.29 is 4.79 Å². The standard InChI is InChI=1S/C14H22N2OS/c1-10(2)15-7-8-16(11(3)4)14(17)13(15)12-6-5-9-18-12/h5-6,9-11,13H,7-8H2,1-4H3. The first kappa shape index (κ1) is 13.6. The molecular weight excluding hydrogens is 244 g/mol. The van der Waals surface area contributed by atoms with E-state index in [2.05, 4.69) is 44.0 Å². The lowest BCUT2D eigenvalue weighted by atomic mass is 10.1. The first-order chi connectivity index (χ1) is 8.52. The second-order valence-corrected chi connectivity index (χ2v) is 6.35.